The van der Waals surface area contributed by atoms with Crippen LogP contribution in [0.2, 0.25) is 0 Å². The predicted molar refractivity (Wildman–Crippen MR) is 127 cm³/mol. The molecule has 180 valence electrons. The van der Waals surface area contributed by atoms with Crippen molar-refractivity contribution in [3.63, 3.8) is 0 Å². The minimum absolute atomic E-state index is 0.191. The van der Waals surface area contributed by atoms with Gasteiger partial charge in [-0.3, -0.25) is 9.59 Å². The first-order valence-corrected chi connectivity index (χ1v) is 11.5. The second-order valence-electron chi connectivity index (χ2n) is 8.56. The van der Waals surface area contributed by atoms with Gasteiger partial charge < -0.3 is 20.0 Å². The van der Waals surface area contributed by atoms with Crippen molar-refractivity contribution in [2.75, 3.05) is 31.1 Å². The zero-order valence-corrected chi connectivity index (χ0v) is 19.1. The molecule has 8 nitrogen and oxygen atoms in total. The molecule has 2 aromatic carbocycles. The molecule has 2 aliphatic rings. The van der Waals surface area contributed by atoms with Gasteiger partial charge in [-0.2, -0.15) is 0 Å². The lowest BCUT2D eigenvalue weighted by atomic mass is 9.75. The molecule has 1 spiro atoms. The van der Waals surface area contributed by atoms with Crippen molar-refractivity contribution in [3.05, 3.63) is 60.7 Å². The van der Waals surface area contributed by atoms with Gasteiger partial charge in [0, 0.05) is 30.8 Å². The van der Waals surface area contributed by atoms with E-state index in [9.17, 15) is 9.59 Å². The number of carbonyl (C=O) groups excluding carboxylic acids is 2. The van der Waals surface area contributed by atoms with Crippen molar-refractivity contribution < 1.29 is 29.4 Å². The second-order valence-corrected chi connectivity index (χ2v) is 8.56. The molecule has 2 fully saturated rings. The van der Waals surface area contributed by atoms with Crippen molar-refractivity contribution in [1.82, 2.24) is 4.90 Å². The monoisotopic (exact) mass is 466 g/mol. The van der Waals surface area contributed by atoms with Gasteiger partial charge >= 0.3 is 11.9 Å². The highest BCUT2D eigenvalue weighted by molar-refractivity contribution is 6.27. The molecule has 4 rings (SSSR count). The van der Waals surface area contributed by atoms with Crippen LogP contribution in [0.4, 0.5) is 11.4 Å². The number of hydrogen-bond acceptors (Lipinski definition) is 6. The van der Waals surface area contributed by atoms with Gasteiger partial charge in [-0.05, 0) is 63.2 Å². The highest BCUT2D eigenvalue weighted by atomic mass is 16.4. The Morgan fingerprint density at radius 1 is 0.794 bits per heavy atom. The Hall–Kier alpha value is -3.52. The number of piperidine rings is 1. The summed E-state index contributed by atoms with van der Waals surface area (Å²) < 4.78 is 0. The van der Waals surface area contributed by atoms with E-state index in [-0.39, 0.29) is 11.6 Å². The molecule has 2 N–H and O–H groups in total. The van der Waals surface area contributed by atoms with Gasteiger partial charge in [-0.15, -0.1) is 0 Å². The number of para-hydroxylation sites is 2. The molecular weight excluding hydrogens is 436 g/mol. The quantitative estimate of drug-likeness (QED) is 0.492. The normalized spacial score (nSPS) is 17.2. The smallest absolute Gasteiger partial charge is 0.414 e. The molecule has 1 aliphatic carbocycles. The van der Waals surface area contributed by atoms with Crippen LogP contribution in [-0.2, 0) is 19.2 Å². The molecule has 0 bridgehead atoms. The van der Waals surface area contributed by atoms with Crippen LogP contribution in [0.15, 0.2) is 60.7 Å². The van der Waals surface area contributed by atoms with E-state index in [2.05, 4.69) is 58.3 Å². The minimum Gasteiger partial charge on any atom is -0.473 e. The highest BCUT2D eigenvalue weighted by Gasteiger charge is 2.50. The molecule has 34 heavy (non-hydrogen) atoms. The summed E-state index contributed by atoms with van der Waals surface area (Å²) >= 11 is 0. The molecule has 1 saturated carbocycles. The number of Topliss-reactive ketones (excluding diaryl/α,β-unsaturated/α-hetero) is 2. The third-order valence-corrected chi connectivity index (χ3v) is 6.53. The molecular formula is C26H30N2O6. The molecule has 1 saturated heterocycles. The fourth-order valence-corrected chi connectivity index (χ4v) is 4.65. The van der Waals surface area contributed by atoms with Crippen LogP contribution in [0, 0.1) is 5.41 Å². The van der Waals surface area contributed by atoms with E-state index in [1.54, 1.807) is 0 Å². The van der Waals surface area contributed by atoms with E-state index in [0.717, 1.165) is 32.6 Å². The number of anilines is 2. The number of nitrogens with zero attached hydrogens (tertiary/aromatic N) is 2. The molecule has 8 heteroatoms. The topological polar surface area (TPSA) is 115 Å². The highest BCUT2D eigenvalue weighted by Crippen LogP contribution is 2.40. The molecule has 0 radical (unpaired) electrons. The second kappa shape index (κ2) is 11.6. The summed E-state index contributed by atoms with van der Waals surface area (Å²) in [4.78, 5) is 47.4. The Balaban J connectivity index is 0.000000481. The molecule has 2 aromatic rings. The first-order valence-electron chi connectivity index (χ1n) is 11.5. The van der Waals surface area contributed by atoms with Gasteiger partial charge in [0.05, 0.1) is 5.41 Å². The third-order valence-electron chi connectivity index (χ3n) is 6.53. The summed E-state index contributed by atoms with van der Waals surface area (Å²) in [5, 5.41) is 14.8. The summed E-state index contributed by atoms with van der Waals surface area (Å²) in [6.45, 7) is 3.64. The van der Waals surface area contributed by atoms with Gasteiger partial charge in [0.15, 0.2) is 0 Å². The first kappa shape index (κ1) is 25.1. The van der Waals surface area contributed by atoms with Gasteiger partial charge in [-0.1, -0.05) is 36.4 Å². The molecule has 0 aromatic heterocycles. The maximum absolute atomic E-state index is 12.2. The predicted octanol–water partition coefficient (Wildman–Crippen LogP) is 3.38. The zero-order valence-electron chi connectivity index (χ0n) is 19.1. The van der Waals surface area contributed by atoms with Gasteiger partial charge in [0.1, 0.15) is 11.6 Å². The number of likely N-dealkylation sites (tertiary alicyclic amines) is 1. The molecule has 1 heterocycles. The van der Waals surface area contributed by atoms with Crippen molar-refractivity contribution in [2.24, 2.45) is 5.41 Å². The Morgan fingerprint density at radius 3 is 1.65 bits per heavy atom. The zero-order chi connectivity index (χ0) is 24.6. The Labute approximate surface area is 198 Å². The number of carbonyl (C=O) groups is 4. The van der Waals surface area contributed by atoms with Gasteiger partial charge in [0.2, 0.25) is 0 Å². The summed E-state index contributed by atoms with van der Waals surface area (Å²) in [5.74, 6) is -3.27. The van der Waals surface area contributed by atoms with E-state index >= 15 is 0 Å². The van der Waals surface area contributed by atoms with E-state index in [1.165, 1.54) is 11.4 Å². The average Bonchev–Trinajstić information content (AvgIpc) is 3.12. The van der Waals surface area contributed by atoms with Crippen molar-refractivity contribution in [2.45, 2.75) is 32.1 Å². The number of carboxylic acids is 2. The summed E-state index contributed by atoms with van der Waals surface area (Å²) in [5.41, 5.74) is 1.78. The van der Waals surface area contributed by atoms with Crippen LogP contribution in [0.25, 0.3) is 0 Å². The van der Waals surface area contributed by atoms with E-state index in [0.29, 0.717) is 25.7 Å². The maximum Gasteiger partial charge on any atom is 0.414 e. The number of carboxylic acid groups (broad SMARTS) is 2. The summed E-state index contributed by atoms with van der Waals surface area (Å²) in [6, 6.07) is 21.0. The van der Waals surface area contributed by atoms with Crippen LogP contribution >= 0.6 is 0 Å². The number of hydrogen-bond donors (Lipinski definition) is 2. The Morgan fingerprint density at radius 2 is 1.24 bits per heavy atom. The van der Waals surface area contributed by atoms with Crippen LogP contribution in [0.5, 0.6) is 0 Å². The molecule has 0 atom stereocenters. The summed E-state index contributed by atoms with van der Waals surface area (Å²) in [7, 11) is 0. The van der Waals surface area contributed by atoms with Crippen molar-refractivity contribution in [3.8, 4) is 0 Å². The van der Waals surface area contributed by atoms with E-state index < -0.39 is 17.4 Å². The summed E-state index contributed by atoms with van der Waals surface area (Å²) in [6.07, 6.45) is 3.39. The maximum atomic E-state index is 12.2. The van der Waals surface area contributed by atoms with E-state index in [1.807, 2.05) is 12.1 Å². The van der Waals surface area contributed by atoms with E-state index in [4.69, 9.17) is 19.8 Å². The van der Waals surface area contributed by atoms with Gasteiger partial charge in [-0.25, -0.2) is 9.59 Å². The van der Waals surface area contributed by atoms with Crippen LogP contribution < -0.4 is 4.90 Å². The molecule has 0 amide bonds. The van der Waals surface area contributed by atoms with Crippen LogP contribution in [0.3, 0.4) is 0 Å². The SMILES string of the molecule is O=C(O)C(=O)O.O=C1CCC(=O)C12CCN(CCCN(c1ccccc1)c1ccccc1)CC2. The molecule has 0 unspecified atom stereocenters. The lowest BCUT2D eigenvalue weighted by molar-refractivity contribution is -0.159. The largest absolute Gasteiger partial charge is 0.473 e. The van der Waals surface area contributed by atoms with Crippen LogP contribution in [0.1, 0.15) is 32.1 Å². The molecule has 1 aliphatic heterocycles. The first-order chi connectivity index (χ1) is 16.3. The van der Waals surface area contributed by atoms with Crippen LogP contribution in [-0.4, -0.2) is 64.8 Å². The van der Waals surface area contributed by atoms with Gasteiger partial charge in [0.25, 0.3) is 0 Å². The fourth-order valence-electron chi connectivity index (χ4n) is 4.65. The number of rotatable bonds is 6. The Kier molecular flexibility index (Phi) is 8.54. The standard InChI is InChI=1S/C24H28N2O2.C2H2O4/c27-22-12-13-23(28)24(22)14-18-25(19-15-24)16-7-17-26(20-8-3-1-4-9-20)21-10-5-2-6-11-21;3-1(4)2(5)6/h1-6,8-11H,7,12-19H2;(H,3,4)(H,5,6). The third kappa shape index (κ3) is 6.08. The average molecular weight is 467 g/mol. The Bertz CT molecular complexity index is 931. The van der Waals surface area contributed by atoms with Crippen molar-refractivity contribution in [1.29, 1.82) is 0 Å². The number of aliphatic carboxylic acids is 2. The number of benzene rings is 2. The minimum atomic E-state index is -1.82. The number of ketones is 2. The lowest BCUT2D eigenvalue weighted by Crippen LogP contribution is -2.46. The fraction of sp³-hybridized carbons (Fsp3) is 0.385. The van der Waals surface area contributed by atoms with Crippen molar-refractivity contribution >= 4 is 34.9 Å². The lowest BCUT2D eigenvalue weighted by Gasteiger charge is -2.37.